The van der Waals surface area contributed by atoms with E-state index in [1.54, 1.807) is 12.2 Å². The minimum atomic E-state index is 0.145. The lowest BCUT2D eigenvalue weighted by Crippen LogP contribution is -2.31. The zero-order valence-electron chi connectivity index (χ0n) is 18.5. The molecule has 2 heterocycles. The van der Waals surface area contributed by atoms with Gasteiger partial charge in [-0.1, -0.05) is 37.5 Å². The van der Waals surface area contributed by atoms with Crippen LogP contribution in [-0.4, -0.2) is 52.6 Å². The summed E-state index contributed by atoms with van der Waals surface area (Å²) >= 11 is 7.79. The zero-order valence-corrected chi connectivity index (χ0v) is 20.1. The average Bonchev–Trinajstić information content (AvgIpc) is 2.75. The van der Waals surface area contributed by atoms with Crippen LogP contribution in [0.4, 0.5) is 11.5 Å². The van der Waals surface area contributed by atoms with Crippen LogP contribution < -0.4 is 10.6 Å². The number of piperidine rings is 1. The van der Waals surface area contributed by atoms with Crippen molar-refractivity contribution in [3.8, 4) is 0 Å². The van der Waals surface area contributed by atoms with Crippen LogP contribution in [0.15, 0.2) is 39.4 Å². The van der Waals surface area contributed by atoms with Crippen molar-refractivity contribution in [1.29, 1.82) is 5.41 Å². The van der Waals surface area contributed by atoms with E-state index in [2.05, 4.69) is 53.0 Å². The standard InChI is InChI=1S/C22H31ClN6OS/c1-22(2,3)13-26-18-10-9-16(27-21(18)25-4)14-6-5-11-29(12-14)31-20-15(23)7-8-17(28-30)19(20)24/h7-10,14,24,26,30H,5-6,11-13H2,1-4H3,(H,25,27)/b24-19?,28-17-. The number of allylic oxidation sites excluding steroid dienone is 4. The Morgan fingerprint density at radius 3 is 2.81 bits per heavy atom. The van der Waals surface area contributed by atoms with Crippen LogP contribution in [0, 0.1) is 10.8 Å². The predicted molar refractivity (Wildman–Crippen MR) is 132 cm³/mol. The molecule has 0 saturated carbocycles. The second-order valence-corrected chi connectivity index (χ2v) is 10.5. The smallest absolute Gasteiger partial charge is 0.149 e. The minimum Gasteiger partial charge on any atom is -0.410 e. The molecule has 1 atom stereocenters. The van der Waals surface area contributed by atoms with Gasteiger partial charge in [0.25, 0.3) is 0 Å². The Labute approximate surface area is 193 Å². The lowest BCUT2D eigenvalue weighted by Gasteiger charge is -2.32. The van der Waals surface area contributed by atoms with Crippen molar-refractivity contribution in [2.75, 3.05) is 37.3 Å². The molecule has 2 aliphatic rings. The van der Waals surface area contributed by atoms with Crippen molar-refractivity contribution < 1.29 is 5.21 Å². The van der Waals surface area contributed by atoms with E-state index >= 15 is 0 Å². The summed E-state index contributed by atoms with van der Waals surface area (Å²) in [5, 5.41) is 27.8. The Balaban J connectivity index is 1.72. The molecule has 31 heavy (non-hydrogen) atoms. The molecule has 0 bridgehead atoms. The van der Waals surface area contributed by atoms with Gasteiger partial charge in [-0.15, -0.1) is 0 Å². The van der Waals surface area contributed by atoms with Gasteiger partial charge in [0.15, 0.2) is 0 Å². The quantitative estimate of drug-likeness (QED) is 0.199. The Morgan fingerprint density at radius 2 is 2.13 bits per heavy atom. The first-order valence-electron chi connectivity index (χ1n) is 10.5. The van der Waals surface area contributed by atoms with E-state index < -0.39 is 0 Å². The molecule has 1 aromatic heterocycles. The molecular weight excluding hydrogens is 432 g/mol. The third kappa shape index (κ3) is 6.02. The monoisotopic (exact) mass is 462 g/mol. The van der Waals surface area contributed by atoms with Crippen LogP contribution in [0.1, 0.15) is 45.2 Å². The van der Waals surface area contributed by atoms with Gasteiger partial charge in [-0.3, -0.25) is 5.41 Å². The first kappa shape index (κ1) is 23.6. The topological polar surface area (TPSA) is 96.6 Å². The van der Waals surface area contributed by atoms with E-state index in [1.165, 1.54) is 11.9 Å². The van der Waals surface area contributed by atoms with Gasteiger partial charge >= 0.3 is 0 Å². The van der Waals surface area contributed by atoms with E-state index in [4.69, 9.17) is 27.2 Å². The third-order valence-electron chi connectivity index (χ3n) is 5.18. The average molecular weight is 463 g/mol. The summed E-state index contributed by atoms with van der Waals surface area (Å²) in [4.78, 5) is 5.51. The van der Waals surface area contributed by atoms with Gasteiger partial charge in [-0.25, -0.2) is 9.29 Å². The lowest BCUT2D eigenvalue weighted by molar-refractivity contribution is 0.320. The van der Waals surface area contributed by atoms with E-state index in [0.717, 1.165) is 49.7 Å². The first-order valence-corrected chi connectivity index (χ1v) is 11.6. The number of hydrogen-bond acceptors (Lipinski definition) is 8. The summed E-state index contributed by atoms with van der Waals surface area (Å²) in [5.74, 6) is 1.16. The van der Waals surface area contributed by atoms with Crippen LogP contribution in [0.3, 0.4) is 0 Å². The SMILES string of the molecule is CNc1nc(C2CCCN(SC3=C(Cl)C=C/C(=N/O)C3=N)C2)ccc1NCC(C)(C)C. The maximum absolute atomic E-state index is 9.10. The highest BCUT2D eigenvalue weighted by Crippen LogP contribution is 2.37. The van der Waals surface area contributed by atoms with Crippen LogP contribution in [0.5, 0.6) is 0 Å². The van der Waals surface area contributed by atoms with Gasteiger partial charge in [-0.2, -0.15) is 0 Å². The number of oxime groups is 1. The van der Waals surface area contributed by atoms with Crippen LogP contribution in [-0.2, 0) is 0 Å². The molecule has 3 rings (SSSR count). The summed E-state index contributed by atoms with van der Waals surface area (Å²) in [6, 6.07) is 4.22. The summed E-state index contributed by atoms with van der Waals surface area (Å²) in [7, 11) is 1.90. The van der Waals surface area contributed by atoms with Crippen LogP contribution >= 0.6 is 23.5 Å². The van der Waals surface area contributed by atoms with E-state index in [9.17, 15) is 0 Å². The molecule has 0 spiro atoms. The number of nitrogens with one attached hydrogen (secondary N) is 3. The molecule has 1 aliphatic heterocycles. The summed E-state index contributed by atoms with van der Waals surface area (Å²) in [6.45, 7) is 9.19. The Hall–Kier alpha value is -2.03. The first-order chi connectivity index (χ1) is 14.7. The van der Waals surface area contributed by atoms with Crippen molar-refractivity contribution in [3.63, 3.8) is 0 Å². The largest absolute Gasteiger partial charge is 0.410 e. The summed E-state index contributed by atoms with van der Waals surface area (Å²) in [6.07, 6.45) is 5.32. The Morgan fingerprint density at radius 1 is 1.35 bits per heavy atom. The summed E-state index contributed by atoms with van der Waals surface area (Å²) < 4.78 is 2.22. The number of hydrogen-bond donors (Lipinski definition) is 4. The fourth-order valence-electron chi connectivity index (χ4n) is 3.51. The van der Waals surface area contributed by atoms with E-state index in [0.29, 0.717) is 15.9 Å². The lowest BCUT2D eigenvalue weighted by atomic mass is 9.95. The molecule has 0 aromatic carbocycles. The second kappa shape index (κ2) is 10.1. The van der Waals surface area contributed by atoms with Gasteiger partial charge in [0, 0.05) is 38.3 Å². The third-order valence-corrected chi connectivity index (χ3v) is 6.80. The van der Waals surface area contributed by atoms with Crippen molar-refractivity contribution in [2.45, 2.75) is 39.5 Å². The van der Waals surface area contributed by atoms with Gasteiger partial charge in [0.2, 0.25) is 0 Å². The summed E-state index contributed by atoms with van der Waals surface area (Å²) in [5.41, 5.74) is 2.63. The highest BCUT2D eigenvalue weighted by molar-refractivity contribution is 8.02. The maximum Gasteiger partial charge on any atom is 0.149 e. The van der Waals surface area contributed by atoms with E-state index in [1.807, 2.05) is 7.05 Å². The Kier molecular flexibility index (Phi) is 7.67. The zero-order chi connectivity index (χ0) is 22.6. The highest BCUT2D eigenvalue weighted by atomic mass is 35.5. The molecule has 1 fully saturated rings. The molecule has 0 radical (unpaired) electrons. The van der Waals surface area contributed by atoms with Crippen molar-refractivity contribution in [2.24, 2.45) is 10.6 Å². The molecular formula is C22H31ClN6OS. The number of pyridine rings is 1. The normalized spacial score (nSPS) is 21.6. The van der Waals surface area contributed by atoms with Gasteiger partial charge in [-0.05, 0) is 54.5 Å². The van der Waals surface area contributed by atoms with Crippen molar-refractivity contribution in [3.05, 3.63) is 39.9 Å². The number of anilines is 2. The minimum absolute atomic E-state index is 0.145. The predicted octanol–water partition coefficient (Wildman–Crippen LogP) is 5.28. The number of aromatic nitrogens is 1. The fraction of sp³-hybridized carbons (Fsp3) is 0.500. The molecule has 4 N–H and O–H groups in total. The highest BCUT2D eigenvalue weighted by Gasteiger charge is 2.28. The van der Waals surface area contributed by atoms with Gasteiger partial charge < -0.3 is 15.8 Å². The molecule has 7 nitrogen and oxygen atoms in total. The van der Waals surface area contributed by atoms with Gasteiger partial charge in [0.1, 0.15) is 11.5 Å². The van der Waals surface area contributed by atoms with E-state index in [-0.39, 0.29) is 16.8 Å². The molecule has 1 saturated heterocycles. The molecule has 0 amide bonds. The molecule has 9 heteroatoms. The number of nitrogens with zero attached hydrogens (tertiary/aromatic N) is 3. The van der Waals surface area contributed by atoms with Crippen molar-refractivity contribution >= 4 is 46.5 Å². The van der Waals surface area contributed by atoms with Crippen LogP contribution in [0.25, 0.3) is 0 Å². The second-order valence-electron chi connectivity index (χ2n) is 8.99. The maximum atomic E-state index is 9.10. The number of halogens is 1. The van der Waals surface area contributed by atoms with Gasteiger partial charge in [0.05, 0.1) is 21.3 Å². The number of rotatable bonds is 6. The molecule has 1 aliphatic carbocycles. The fourth-order valence-corrected chi connectivity index (χ4v) is 4.86. The molecule has 1 unspecified atom stereocenters. The molecule has 1 aromatic rings. The Bertz CT molecular complexity index is 921. The van der Waals surface area contributed by atoms with Crippen molar-refractivity contribution in [1.82, 2.24) is 9.29 Å². The van der Waals surface area contributed by atoms with Crippen LogP contribution in [0.2, 0.25) is 0 Å². The molecule has 168 valence electrons.